The van der Waals surface area contributed by atoms with Gasteiger partial charge in [-0.1, -0.05) is 18.7 Å². The van der Waals surface area contributed by atoms with Crippen LogP contribution < -0.4 is 10.1 Å². The van der Waals surface area contributed by atoms with Crippen molar-refractivity contribution in [3.05, 3.63) is 22.7 Å². The lowest BCUT2D eigenvalue weighted by molar-refractivity contribution is -0.274. The third-order valence-corrected chi connectivity index (χ3v) is 4.41. The van der Waals surface area contributed by atoms with Crippen LogP contribution in [0.5, 0.6) is 5.75 Å². The number of halogens is 4. The predicted molar refractivity (Wildman–Crippen MR) is 83.0 cm³/mol. The van der Waals surface area contributed by atoms with E-state index in [1.165, 1.54) is 12.1 Å². The summed E-state index contributed by atoms with van der Waals surface area (Å²) in [7, 11) is 0. The Morgan fingerprint density at radius 2 is 2.24 bits per heavy atom. The maximum Gasteiger partial charge on any atom is 0.573 e. The number of ether oxygens (including phenoxy) is 1. The van der Waals surface area contributed by atoms with Gasteiger partial charge in [-0.2, -0.15) is 0 Å². The van der Waals surface area contributed by atoms with Crippen molar-refractivity contribution in [3.63, 3.8) is 0 Å². The molecule has 0 aromatic heterocycles. The molecule has 116 valence electrons. The third kappa shape index (κ3) is 5.10. The number of hydrogen-bond donors (Lipinski definition) is 1. The van der Waals surface area contributed by atoms with Gasteiger partial charge in [0.2, 0.25) is 0 Å². The van der Waals surface area contributed by atoms with Gasteiger partial charge in [-0.25, -0.2) is 0 Å². The van der Waals surface area contributed by atoms with Crippen LogP contribution in [0.4, 0.5) is 18.9 Å². The Labute approximate surface area is 133 Å². The van der Waals surface area contributed by atoms with Gasteiger partial charge in [0.25, 0.3) is 0 Å². The number of rotatable bonds is 3. The summed E-state index contributed by atoms with van der Waals surface area (Å²) in [4.78, 5) is 4.55. The number of benzene rings is 1. The number of thioether (sulfide) groups is 1. The van der Waals surface area contributed by atoms with Gasteiger partial charge < -0.3 is 10.1 Å². The summed E-state index contributed by atoms with van der Waals surface area (Å²) in [5.41, 5.74) is 0.666. The Balaban J connectivity index is 2.08. The monoisotopic (exact) mass is 382 g/mol. The summed E-state index contributed by atoms with van der Waals surface area (Å²) in [5.74, 6) is 0.721. The van der Waals surface area contributed by atoms with Crippen molar-refractivity contribution in [2.75, 3.05) is 11.1 Å². The van der Waals surface area contributed by atoms with Gasteiger partial charge in [0, 0.05) is 11.4 Å². The topological polar surface area (TPSA) is 33.6 Å². The van der Waals surface area contributed by atoms with Crippen molar-refractivity contribution in [1.29, 1.82) is 0 Å². The SMILES string of the molecule is CCC1CCSC(Nc2ccc(OC(F)(F)F)c(Br)c2)=N1. The second-order valence-electron chi connectivity index (χ2n) is 4.45. The van der Waals surface area contributed by atoms with E-state index in [0.29, 0.717) is 11.7 Å². The van der Waals surface area contributed by atoms with Gasteiger partial charge in [-0.15, -0.1) is 13.2 Å². The number of hydrogen-bond acceptors (Lipinski definition) is 4. The van der Waals surface area contributed by atoms with E-state index < -0.39 is 6.36 Å². The fourth-order valence-electron chi connectivity index (χ4n) is 1.83. The zero-order valence-corrected chi connectivity index (χ0v) is 13.6. The van der Waals surface area contributed by atoms with Crippen LogP contribution in [0.2, 0.25) is 0 Å². The molecule has 0 saturated heterocycles. The van der Waals surface area contributed by atoms with Crippen LogP contribution in [0, 0.1) is 0 Å². The number of aliphatic imine (C=N–C) groups is 1. The molecule has 1 aromatic carbocycles. The first-order chi connectivity index (χ1) is 9.87. The van der Waals surface area contributed by atoms with Crippen LogP contribution in [0.25, 0.3) is 0 Å². The molecule has 0 radical (unpaired) electrons. The minimum absolute atomic E-state index is 0.235. The van der Waals surface area contributed by atoms with Crippen molar-refractivity contribution in [3.8, 4) is 5.75 Å². The Bertz CT molecular complexity index is 537. The predicted octanol–water partition coefficient (Wildman–Crippen LogP) is 5.03. The van der Waals surface area contributed by atoms with E-state index in [4.69, 9.17) is 0 Å². The van der Waals surface area contributed by atoms with Crippen LogP contribution >= 0.6 is 27.7 Å². The van der Waals surface area contributed by atoms with Crippen molar-refractivity contribution in [2.45, 2.75) is 32.2 Å². The van der Waals surface area contributed by atoms with E-state index in [-0.39, 0.29) is 10.2 Å². The molecule has 0 fully saturated rings. The third-order valence-electron chi connectivity index (χ3n) is 2.87. The van der Waals surface area contributed by atoms with E-state index in [9.17, 15) is 13.2 Å². The first-order valence-corrected chi connectivity index (χ1v) is 8.18. The molecule has 1 unspecified atom stereocenters. The van der Waals surface area contributed by atoms with Crippen molar-refractivity contribution in [2.24, 2.45) is 4.99 Å². The Morgan fingerprint density at radius 3 is 2.86 bits per heavy atom. The van der Waals surface area contributed by atoms with Gasteiger partial charge in [0.1, 0.15) is 5.75 Å². The van der Waals surface area contributed by atoms with Crippen molar-refractivity contribution >= 4 is 38.5 Å². The molecular weight excluding hydrogens is 369 g/mol. The molecule has 0 aliphatic carbocycles. The van der Waals surface area contributed by atoms with Gasteiger partial charge in [0.15, 0.2) is 5.17 Å². The number of alkyl halides is 3. The highest BCUT2D eigenvalue weighted by molar-refractivity contribution is 9.10. The average Bonchev–Trinajstić information content (AvgIpc) is 2.41. The summed E-state index contributed by atoms with van der Waals surface area (Å²) in [6.45, 7) is 2.08. The van der Waals surface area contributed by atoms with Crippen LogP contribution in [-0.4, -0.2) is 23.3 Å². The maximum atomic E-state index is 12.2. The summed E-state index contributed by atoms with van der Waals surface area (Å²) in [6.07, 6.45) is -2.67. The zero-order valence-electron chi connectivity index (χ0n) is 11.2. The van der Waals surface area contributed by atoms with Crippen LogP contribution in [-0.2, 0) is 0 Å². The second-order valence-corrected chi connectivity index (χ2v) is 6.39. The van der Waals surface area contributed by atoms with Crippen molar-refractivity contribution in [1.82, 2.24) is 0 Å². The number of anilines is 1. The largest absolute Gasteiger partial charge is 0.573 e. The molecule has 1 aliphatic heterocycles. The van der Waals surface area contributed by atoms with E-state index >= 15 is 0 Å². The molecule has 1 atom stereocenters. The van der Waals surface area contributed by atoms with Gasteiger partial charge in [-0.05, 0) is 47.0 Å². The van der Waals surface area contributed by atoms with Crippen LogP contribution in [0.1, 0.15) is 19.8 Å². The highest BCUT2D eigenvalue weighted by atomic mass is 79.9. The fourth-order valence-corrected chi connectivity index (χ4v) is 3.29. The highest BCUT2D eigenvalue weighted by Gasteiger charge is 2.32. The highest BCUT2D eigenvalue weighted by Crippen LogP contribution is 2.33. The van der Waals surface area contributed by atoms with Crippen LogP contribution in [0.15, 0.2) is 27.7 Å². The molecule has 0 bridgehead atoms. The minimum Gasteiger partial charge on any atom is -0.405 e. The number of nitrogens with zero attached hydrogens (tertiary/aromatic N) is 1. The molecule has 0 spiro atoms. The van der Waals surface area contributed by atoms with E-state index in [1.807, 2.05) is 0 Å². The van der Waals surface area contributed by atoms with E-state index in [0.717, 1.165) is 23.8 Å². The van der Waals surface area contributed by atoms with Gasteiger partial charge in [-0.3, -0.25) is 4.99 Å². The Kier molecular flexibility index (Phi) is 5.43. The van der Waals surface area contributed by atoms with Gasteiger partial charge >= 0.3 is 6.36 Å². The molecule has 1 aliphatic rings. The molecule has 21 heavy (non-hydrogen) atoms. The maximum absolute atomic E-state index is 12.2. The first kappa shape index (κ1) is 16.5. The first-order valence-electron chi connectivity index (χ1n) is 6.40. The second kappa shape index (κ2) is 6.91. The molecule has 0 saturated carbocycles. The smallest absolute Gasteiger partial charge is 0.405 e. The summed E-state index contributed by atoms with van der Waals surface area (Å²) < 4.78 is 40.7. The molecular formula is C13H14BrF3N2OS. The van der Waals surface area contributed by atoms with Crippen molar-refractivity contribution < 1.29 is 17.9 Å². The van der Waals surface area contributed by atoms with E-state index in [2.05, 4.69) is 37.9 Å². The molecule has 1 heterocycles. The normalized spacial score (nSPS) is 19.1. The molecule has 8 heteroatoms. The zero-order chi connectivity index (χ0) is 15.5. The molecule has 2 rings (SSSR count). The summed E-state index contributed by atoms with van der Waals surface area (Å²) in [5, 5.41) is 3.92. The number of amidine groups is 1. The Morgan fingerprint density at radius 1 is 1.48 bits per heavy atom. The average molecular weight is 383 g/mol. The quantitative estimate of drug-likeness (QED) is 0.795. The lowest BCUT2D eigenvalue weighted by Gasteiger charge is -2.20. The van der Waals surface area contributed by atoms with Crippen LogP contribution in [0.3, 0.4) is 0 Å². The molecule has 1 N–H and O–H groups in total. The molecule has 0 amide bonds. The molecule has 1 aromatic rings. The summed E-state index contributed by atoms with van der Waals surface area (Å²) in [6, 6.07) is 4.65. The lowest BCUT2D eigenvalue weighted by atomic mass is 10.2. The standard InChI is InChI=1S/C13H14BrF3N2OS/c1-2-8-5-6-21-12(18-8)19-9-3-4-11(10(14)7-9)20-13(15,16)17/h3-4,7-8H,2,5-6H2,1H3,(H,18,19). The summed E-state index contributed by atoms with van der Waals surface area (Å²) >= 11 is 4.69. The van der Waals surface area contributed by atoms with Gasteiger partial charge in [0.05, 0.1) is 10.5 Å². The fraction of sp³-hybridized carbons (Fsp3) is 0.462. The van der Waals surface area contributed by atoms with E-state index in [1.54, 1.807) is 17.8 Å². The minimum atomic E-state index is -4.70. The lowest BCUT2D eigenvalue weighted by Crippen LogP contribution is -2.20. The number of nitrogens with one attached hydrogen (secondary N) is 1. The Hall–Kier alpha value is -0.890. The molecule has 3 nitrogen and oxygen atoms in total.